The highest BCUT2D eigenvalue weighted by molar-refractivity contribution is 14.0. The number of nitrogens with zero attached hydrogens (tertiary/aromatic N) is 4. The maximum Gasteiger partial charge on any atom is 0.239 e. The molecule has 0 spiro atoms. The van der Waals surface area contributed by atoms with Crippen molar-refractivity contribution in [3.8, 4) is 11.5 Å². The van der Waals surface area contributed by atoms with Gasteiger partial charge in [-0.15, -0.1) is 24.0 Å². The van der Waals surface area contributed by atoms with Crippen molar-refractivity contribution in [3.63, 3.8) is 0 Å². The van der Waals surface area contributed by atoms with Crippen molar-refractivity contribution in [1.29, 1.82) is 0 Å². The molecule has 0 bridgehead atoms. The second-order valence-electron chi connectivity index (χ2n) is 8.13. The fourth-order valence-corrected chi connectivity index (χ4v) is 4.40. The lowest BCUT2D eigenvalue weighted by atomic mass is 10.1. The smallest absolute Gasteiger partial charge is 0.239 e. The van der Waals surface area contributed by atoms with Crippen LogP contribution < -0.4 is 14.8 Å². The molecule has 3 rings (SSSR count). The monoisotopic (exact) mass is 559 g/mol. The van der Waals surface area contributed by atoms with Gasteiger partial charge in [-0.25, -0.2) is 0 Å². The molecule has 1 aromatic rings. The van der Waals surface area contributed by atoms with Crippen LogP contribution in [-0.2, 0) is 11.2 Å². The second-order valence-corrected chi connectivity index (χ2v) is 8.13. The highest BCUT2D eigenvalue weighted by Crippen LogP contribution is 2.24. The third kappa shape index (κ3) is 6.63. The number of carbonyl (C=O) groups excluding carboxylic acids is 1. The van der Waals surface area contributed by atoms with Gasteiger partial charge in [0.05, 0.1) is 20.3 Å². The minimum Gasteiger partial charge on any atom is -0.497 e. The first-order chi connectivity index (χ1) is 15.1. The lowest BCUT2D eigenvalue weighted by Gasteiger charge is -2.39. The van der Waals surface area contributed by atoms with Gasteiger partial charge in [0.1, 0.15) is 11.5 Å². The number of methoxy groups -OCH3 is 2. The maximum atomic E-state index is 12.7. The first kappa shape index (κ1) is 26.5. The standard InChI is InChI=1S/C23H37N5O3.HI/c1-18(22(29)27-11-5-6-12-27)26-13-15-28(16-14-26)23(24-2)25-10-9-19-17-20(30-3)7-8-21(19)31-4;/h7-8,17-18H,5-6,9-16H2,1-4H3,(H,24,25);1H. The molecule has 2 saturated heterocycles. The van der Waals surface area contributed by atoms with Gasteiger partial charge in [0, 0.05) is 52.9 Å². The summed E-state index contributed by atoms with van der Waals surface area (Å²) < 4.78 is 10.8. The number of guanidine groups is 1. The highest BCUT2D eigenvalue weighted by atomic mass is 127. The van der Waals surface area contributed by atoms with Gasteiger partial charge in [-0.05, 0) is 49.9 Å². The molecule has 32 heavy (non-hydrogen) atoms. The Morgan fingerprint density at radius 2 is 1.75 bits per heavy atom. The summed E-state index contributed by atoms with van der Waals surface area (Å²) in [7, 11) is 5.18. The van der Waals surface area contributed by atoms with E-state index in [0.717, 1.165) is 88.1 Å². The molecule has 1 N–H and O–H groups in total. The molecule has 180 valence electrons. The van der Waals surface area contributed by atoms with Gasteiger partial charge >= 0.3 is 0 Å². The van der Waals surface area contributed by atoms with Crippen LogP contribution in [0.3, 0.4) is 0 Å². The average molecular weight is 559 g/mol. The summed E-state index contributed by atoms with van der Waals surface area (Å²) in [4.78, 5) is 23.8. The second kappa shape index (κ2) is 13.1. The van der Waals surface area contributed by atoms with Crippen LogP contribution in [0.25, 0.3) is 0 Å². The van der Waals surface area contributed by atoms with Gasteiger partial charge in [0.25, 0.3) is 0 Å². The Hall–Kier alpha value is -1.75. The fraction of sp³-hybridized carbons (Fsp3) is 0.652. The molecule has 2 aliphatic heterocycles. The summed E-state index contributed by atoms with van der Waals surface area (Å²) in [6.45, 7) is 8.08. The molecule has 2 fully saturated rings. The third-order valence-corrected chi connectivity index (χ3v) is 6.31. The molecule has 0 saturated carbocycles. The zero-order valence-corrected chi connectivity index (χ0v) is 22.1. The normalized spacial score (nSPS) is 18.2. The van der Waals surface area contributed by atoms with Crippen molar-refractivity contribution in [3.05, 3.63) is 23.8 Å². The summed E-state index contributed by atoms with van der Waals surface area (Å²) in [5.74, 6) is 2.87. The number of hydrogen-bond donors (Lipinski definition) is 1. The van der Waals surface area contributed by atoms with E-state index in [-0.39, 0.29) is 35.9 Å². The Bertz CT molecular complexity index is 762. The molecule has 2 aliphatic rings. The number of aliphatic imine (C=N–C) groups is 1. The molecule has 0 radical (unpaired) electrons. The van der Waals surface area contributed by atoms with E-state index in [2.05, 4.69) is 20.1 Å². The van der Waals surface area contributed by atoms with Gasteiger partial charge < -0.3 is 24.6 Å². The zero-order chi connectivity index (χ0) is 22.2. The van der Waals surface area contributed by atoms with Gasteiger partial charge in [-0.1, -0.05) is 0 Å². The fourth-order valence-electron chi connectivity index (χ4n) is 4.40. The van der Waals surface area contributed by atoms with Crippen molar-refractivity contribution < 1.29 is 14.3 Å². The van der Waals surface area contributed by atoms with Crippen molar-refractivity contribution in [1.82, 2.24) is 20.0 Å². The number of benzene rings is 1. The van der Waals surface area contributed by atoms with Crippen LogP contribution in [0.2, 0.25) is 0 Å². The Morgan fingerprint density at radius 3 is 2.34 bits per heavy atom. The molecule has 0 aromatic heterocycles. The van der Waals surface area contributed by atoms with E-state index in [1.54, 1.807) is 14.2 Å². The molecular formula is C23H38IN5O3. The average Bonchev–Trinajstić information content (AvgIpc) is 3.36. The number of likely N-dealkylation sites (tertiary alicyclic amines) is 1. The molecule has 0 aliphatic carbocycles. The maximum absolute atomic E-state index is 12.7. The predicted molar refractivity (Wildman–Crippen MR) is 138 cm³/mol. The van der Waals surface area contributed by atoms with E-state index in [0.29, 0.717) is 0 Å². The Balaban J connectivity index is 0.00000363. The molecule has 1 aromatic carbocycles. The van der Waals surface area contributed by atoms with E-state index < -0.39 is 0 Å². The number of nitrogens with one attached hydrogen (secondary N) is 1. The van der Waals surface area contributed by atoms with E-state index >= 15 is 0 Å². The molecule has 1 unspecified atom stereocenters. The van der Waals surface area contributed by atoms with Crippen LogP contribution in [0, 0.1) is 0 Å². The summed E-state index contributed by atoms with van der Waals surface area (Å²) in [6, 6.07) is 5.81. The highest BCUT2D eigenvalue weighted by Gasteiger charge is 2.30. The number of amides is 1. The number of rotatable bonds is 7. The van der Waals surface area contributed by atoms with Gasteiger partial charge in [-0.3, -0.25) is 14.7 Å². The first-order valence-electron chi connectivity index (χ1n) is 11.3. The number of piperazine rings is 1. The van der Waals surface area contributed by atoms with Crippen LogP contribution in [0.15, 0.2) is 23.2 Å². The lowest BCUT2D eigenvalue weighted by molar-refractivity contribution is -0.135. The molecule has 1 atom stereocenters. The topological polar surface area (TPSA) is 69.6 Å². The number of ether oxygens (including phenoxy) is 2. The molecule has 1 amide bonds. The summed E-state index contributed by atoms with van der Waals surface area (Å²) in [6.07, 6.45) is 3.08. The molecule has 8 nitrogen and oxygen atoms in total. The zero-order valence-electron chi connectivity index (χ0n) is 19.8. The summed E-state index contributed by atoms with van der Waals surface area (Å²) >= 11 is 0. The van der Waals surface area contributed by atoms with Crippen molar-refractivity contribution in [2.75, 3.05) is 67.1 Å². The van der Waals surface area contributed by atoms with Gasteiger partial charge in [-0.2, -0.15) is 0 Å². The predicted octanol–water partition coefficient (Wildman–Crippen LogP) is 2.07. The van der Waals surface area contributed by atoms with Crippen LogP contribution >= 0.6 is 24.0 Å². The Kier molecular flexibility index (Phi) is 10.8. The third-order valence-electron chi connectivity index (χ3n) is 6.31. The van der Waals surface area contributed by atoms with Crippen molar-refractivity contribution in [2.45, 2.75) is 32.2 Å². The van der Waals surface area contributed by atoms with Crippen LogP contribution in [-0.4, -0.2) is 99.7 Å². The molecule has 2 heterocycles. The Morgan fingerprint density at radius 1 is 1.06 bits per heavy atom. The van der Waals surface area contributed by atoms with E-state index in [9.17, 15) is 4.79 Å². The summed E-state index contributed by atoms with van der Waals surface area (Å²) in [5.41, 5.74) is 1.10. The number of halogens is 1. The summed E-state index contributed by atoms with van der Waals surface area (Å²) in [5, 5.41) is 3.47. The largest absolute Gasteiger partial charge is 0.497 e. The van der Waals surface area contributed by atoms with Crippen LogP contribution in [0.5, 0.6) is 11.5 Å². The number of hydrogen-bond acceptors (Lipinski definition) is 5. The molecular weight excluding hydrogens is 521 g/mol. The van der Waals surface area contributed by atoms with Gasteiger partial charge in [0.2, 0.25) is 5.91 Å². The quantitative estimate of drug-likeness (QED) is 0.314. The van der Waals surface area contributed by atoms with Crippen LogP contribution in [0.4, 0.5) is 0 Å². The van der Waals surface area contributed by atoms with Gasteiger partial charge in [0.15, 0.2) is 5.96 Å². The first-order valence-corrected chi connectivity index (χ1v) is 11.3. The van der Waals surface area contributed by atoms with Crippen molar-refractivity contribution >= 4 is 35.8 Å². The minimum absolute atomic E-state index is 0. The van der Waals surface area contributed by atoms with E-state index in [1.807, 2.05) is 37.1 Å². The number of carbonyl (C=O) groups is 1. The van der Waals surface area contributed by atoms with E-state index in [1.165, 1.54) is 0 Å². The molecule has 9 heteroatoms. The lowest BCUT2D eigenvalue weighted by Crippen LogP contribution is -2.57. The minimum atomic E-state index is -0.0456. The van der Waals surface area contributed by atoms with Crippen LogP contribution in [0.1, 0.15) is 25.3 Å². The Labute approximate surface area is 209 Å². The van der Waals surface area contributed by atoms with E-state index in [4.69, 9.17) is 9.47 Å². The SMILES string of the molecule is CN=C(NCCc1cc(OC)ccc1OC)N1CCN(C(C)C(=O)N2CCCC2)CC1.I. The van der Waals surface area contributed by atoms with Crippen molar-refractivity contribution in [2.24, 2.45) is 4.99 Å².